The molecular weight excluding hydrogens is 338 g/mol. The highest BCUT2D eigenvalue weighted by Crippen LogP contribution is 2.33. The quantitative estimate of drug-likeness (QED) is 0.828. The third-order valence-corrected chi connectivity index (χ3v) is 4.50. The lowest BCUT2D eigenvalue weighted by atomic mass is 9.93. The highest BCUT2D eigenvalue weighted by molar-refractivity contribution is 8.15. The number of thioether (sulfide) groups is 1. The Balaban J connectivity index is 3.04. The Labute approximate surface area is 153 Å². The van der Waals surface area contributed by atoms with Crippen LogP contribution in [-0.4, -0.2) is 33.4 Å². The van der Waals surface area contributed by atoms with Gasteiger partial charge in [-0.3, -0.25) is 14.4 Å². The summed E-state index contributed by atoms with van der Waals surface area (Å²) in [5, 5.41) is 9.10. The molecule has 1 aromatic rings. The van der Waals surface area contributed by atoms with E-state index in [-0.39, 0.29) is 10.5 Å². The van der Waals surface area contributed by atoms with Crippen LogP contribution in [0.3, 0.4) is 0 Å². The first kappa shape index (κ1) is 21.2. The molecule has 0 bridgehead atoms. The van der Waals surface area contributed by atoms with E-state index in [1.807, 2.05) is 39.8 Å². The van der Waals surface area contributed by atoms with E-state index >= 15 is 0 Å². The number of aliphatic carboxylic acids is 1. The van der Waals surface area contributed by atoms with E-state index < -0.39 is 23.2 Å². The van der Waals surface area contributed by atoms with Gasteiger partial charge in [0, 0.05) is 12.1 Å². The van der Waals surface area contributed by atoms with Gasteiger partial charge in [-0.25, -0.2) is 0 Å². The monoisotopic (exact) mass is 365 g/mol. The van der Waals surface area contributed by atoms with Crippen molar-refractivity contribution in [3.05, 3.63) is 29.8 Å². The summed E-state index contributed by atoms with van der Waals surface area (Å²) in [6, 6.07) is 7.08. The number of hydrogen-bond acceptors (Lipinski definition) is 4. The smallest absolute Gasteiger partial charge is 0.323 e. The summed E-state index contributed by atoms with van der Waals surface area (Å²) in [5.41, 5.74) is 1.36. The average molecular weight is 365 g/mol. The number of hydrogen-bond donors (Lipinski definition) is 1. The van der Waals surface area contributed by atoms with E-state index in [2.05, 4.69) is 0 Å². The number of carbonyl (C=O) groups is 3. The van der Waals surface area contributed by atoms with Crippen molar-refractivity contribution in [1.29, 1.82) is 0 Å². The molecule has 138 valence electrons. The standard InChI is InChI=1S/C19H27NO4S/c1-13-7-9-14(10-8-13)20(12-15(21)22)17(24)19(5,6)25-16(23)11-18(2,3)4/h7-10H,11-12H2,1-6H3,(H,21,22). The number of carboxylic acid groups (broad SMARTS) is 1. The maximum absolute atomic E-state index is 13.0. The van der Waals surface area contributed by atoms with Crippen LogP contribution in [0, 0.1) is 12.3 Å². The van der Waals surface area contributed by atoms with E-state index in [9.17, 15) is 19.5 Å². The summed E-state index contributed by atoms with van der Waals surface area (Å²) in [7, 11) is 0. The van der Waals surface area contributed by atoms with Crippen molar-refractivity contribution in [2.24, 2.45) is 5.41 Å². The van der Waals surface area contributed by atoms with Crippen LogP contribution < -0.4 is 4.90 Å². The summed E-state index contributed by atoms with van der Waals surface area (Å²) in [4.78, 5) is 37.7. The van der Waals surface area contributed by atoms with Gasteiger partial charge in [0.1, 0.15) is 6.54 Å². The van der Waals surface area contributed by atoms with Gasteiger partial charge in [0.15, 0.2) is 5.12 Å². The molecule has 25 heavy (non-hydrogen) atoms. The molecule has 6 heteroatoms. The summed E-state index contributed by atoms with van der Waals surface area (Å²) in [6.07, 6.45) is 0.345. The first-order chi connectivity index (χ1) is 11.3. The van der Waals surface area contributed by atoms with E-state index in [1.165, 1.54) is 4.90 Å². The fraction of sp³-hybridized carbons (Fsp3) is 0.526. The van der Waals surface area contributed by atoms with Gasteiger partial charge < -0.3 is 10.0 Å². The number of nitrogens with zero attached hydrogens (tertiary/aromatic N) is 1. The van der Waals surface area contributed by atoms with Gasteiger partial charge in [0.25, 0.3) is 0 Å². The number of benzene rings is 1. The van der Waals surface area contributed by atoms with Crippen LogP contribution in [0.1, 0.15) is 46.6 Å². The minimum absolute atomic E-state index is 0.0787. The van der Waals surface area contributed by atoms with Crippen molar-refractivity contribution in [2.75, 3.05) is 11.4 Å². The van der Waals surface area contributed by atoms with Crippen LogP contribution in [0.15, 0.2) is 24.3 Å². The van der Waals surface area contributed by atoms with Crippen LogP contribution in [-0.2, 0) is 14.4 Å². The van der Waals surface area contributed by atoms with Crippen LogP contribution in [0.25, 0.3) is 0 Å². The van der Waals surface area contributed by atoms with Crippen LogP contribution in [0.5, 0.6) is 0 Å². The molecule has 1 rings (SSSR count). The topological polar surface area (TPSA) is 74.7 Å². The van der Waals surface area contributed by atoms with Gasteiger partial charge in [-0.2, -0.15) is 0 Å². The maximum atomic E-state index is 13.0. The Kier molecular flexibility index (Phi) is 6.82. The Bertz CT molecular complexity index is 644. The number of rotatable bonds is 6. The molecule has 0 aliphatic carbocycles. The number of carboxylic acids is 1. The SMILES string of the molecule is Cc1ccc(N(CC(=O)O)C(=O)C(C)(C)SC(=O)CC(C)(C)C)cc1. The molecule has 1 aromatic carbocycles. The molecule has 0 fully saturated rings. The molecular formula is C19H27NO4S. The van der Waals surface area contributed by atoms with Crippen LogP contribution in [0.4, 0.5) is 5.69 Å². The highest BCUT2D eigenvalue weighted by atomic mass is 32.2. The predicted octanol–water partition coefficient (Wildman–Crippen LogP) is 3.89. The minimum atomic E-state index is -1.10. The van der Waals surface area contributed by atoms with Crippen molar-refractivity contribution >= 4 is 34.4 Å². The molecule has 1 N–H and O–H groups in total. The van der Waals surface area contributed by atoms with Gasteiger partial charge in [-0.1, -0.05) is 50.2 Å². The van der Waals surface area contributed by atoms with Gasteiger partial charge >= 0.3 is 5.97 Å². The molecule has 5 nitrogen and oxygen atoms in total. The first-order valence-electron chi connectivity index (χ1n) is 8.14. The zero-order valence-electron chi connectivity index (χ0n) is 15.8. The zero-order chi connectivity index (χ0) is 19.4. The van der Waals surface area contributed by atoms with Gasteiger partial charge in [0.2, 0.25) is 5.91 Å². The van der Waals surface area contributed by atoms with E-state index in [4.69, 9.17) is 0 Å². The second kappa shape index (κ2) is 8.04. The third kappa shape index (κ3) is 6.90. The summed E-state index contributed by atoms with van der Waals surface area (Å²) >= 11 is 0.967. The Morgan fingerprint density at radius 3 is 2.00 bits per heavy atom. The molecule has 1 amide bonds. The molecule has 0 aliphatic rings. The Hall–Kier alpha value is -1.82. The summed E-state index contributed by atoms with van der Waals surface area (Å²) in [6.45, 7) is 10.7. The number of carbonyl (C=O) groups excluding carboxylic acids is 2. The molecule has 0 radical (unpaired) electrons. The average Bonchev–Trinajstić information content (AvgIpc) is 2.42. The van der Waals surface area contributed by atoms with Gasteiger partial charge in [0.05, 0.1) is 4.75 Å². The van der Waals surface area contributed by atoms with E-state index in [0.717, 1.165) is 17.3 Å². The molecule has 0 aromatic heterocycles. The fourth-order valence-corrected chi connectivity index (χ4v) is 3.53. The Morgan fingerprint density at radius 2 is 1.56 bits per heavy atom. The molecule has 0 atom stereocenters. The van der Waals surface area contributed by atoms with Crippen molar-refractivity contribution in [3.63, 3.8) is 0 Å². The second-order valence-electron chi connectivity index (χ2n) is 7.84. The number of amides is 1. The molecule has 0 unspecified atom stereocenters. The van der Waals surface area contributed by atoms with Crippen molar-refractivity contribution < 1.29 is 19.5 Å². The minimum Gasteiger partial charge on any atom is -0.480 e. The van der Waals surface area contributed by atoms with Crippen LogP contribution >= 0.6 is 11.8 Å². The molecule has 0 saturated carbocycles. The van der Waals surface area contributed by atoms with Crippen molar-refractivity contribution in [1.82, 2.24) is 0 Å². The van der Waals surface area contributed by atoms with E-state index in [0.29, 0.717) is 12.1 Å². The molecule has 0 heterocycles. The number of anilines is 1. The molecule has 0 spiro atoms. The lowest BCUT2D eigenvalue weighted by Gasteiger charge is -2.31. The maximum Gasteiger partial charge on any atom is 0.323 e. The predicted molar refractivity (Wildman–Crippen MR) is 102 cm³/mol. The lowest BCUT2D eigenvalue weighted by molar-refractivity contribution is -0.136. The zero-order valence-corrected chi connectivity index (χ0v) is 16.6. The van der Waals surface area contributed by atoms with Crippen molar-refractivity contribution in [2.45, 2.75) is 52.7 Å². The normalized spacial score (nSPS) is 11.9. The highest BCUT2D eigenvalue weighted by Gasteiger charge is 2.37. The third-order valence-electron chi connectivity index (χ3n) is 3.44. The van der Waals surface area contributed by atoms with Gasteiger partial charge in [-0.05, 0) is 38.3 Å². The first-order valence-corrected chi connectivity index (χ1v) is 8.96. The van der Waals surface area contributed by atoms with Crippen molar-refractivity contribution in [3.8, 4) is 0 Å². The number of aryl methyl sites for hydroxylation is 1. The second-order valence-corrected chi connectivity index (χ2v) is 9.52. The Morgan fingerprint density at radius 1 is 1.04 bits per heavy atom. The molecule has 0 aliphatic heterocycles. The fourth-order valence-electron chi connectivity index (χ4n) is 2.26. The van der Waals surface area contributed by atoms with E-state index in [1.54, 1.807) is 26.0 Å². The molecule has 0 saturated heterocycles. The lowest BCUT2D eigenvalue weighted by Crippen LogP contribution is -2.46. The van der Waals surface area contributed by atoms with Gasteiger partial charge in [-0.15, -0.1) is 0 Å². The van der Waals surface area contributed by atoms with Crippen LogP contribution in [0.2, 0.25) is 0 Å². The summed E-state index contributed by atoms with van der Waals surface area (Å²) in [5.74, 6) is -1.50. The summed E-state index contributed by atoms with van der Waals surface area (Å²) < 4.78 is -1.05. The largest absolute Gasteiger partial charge is 0.480 e.